The Morgan fingerprint density at radius 2 is 1.83 bits per heavy atom. The van der Waals surface area contributed by atoms with Crippen LogP contribution in [0.5, 0.6) is 0 Å². The number of carbonyl (C=O) groups is 1. The summed E-state index contributed by atoms with van der Waals surface area (Å²) in [7, 11) is 5.55. The number of carbonyl (C=O) groups excluding carboxylic acids is 1. The first kappa shape index (κ1) is 20.3. The summed E-state index contributed by atoms with van der Waals surface area (Å²) < 4.78 is 1.91. The number of hydrogen-bond donors (Lipinski definition) is 0. The van der Waals surface area contributed by atoms with Crippen molar-refractivity contribution in [1.82, 2.24) is 24.6 Å². The molecule has 2 heterocycles. The minimum Gasteiger partial charge on any atom is -0.347 e. The number of anilines is 1. The Hall–Kier alpha value is -3.48. The Morgan fingerprint density at radius 1 is 1.10 bits per heavy atom. The van der Waals surface area contributed by atoms with Gasteiger partial charge < -0.3 is 9.80 Å². The number of amides is 1. The highest BCUT2D eigenvalue weighted by atomic mass is 16.2. The van der Waals surface area contributed by atoms with Crippen LogP contribution in [-0.2, 0) is 11.3 Å². The lowest BCUT2D eigenvalue weighted by Gasteiger charge is -2.16. The van der Waals surface area contributed by atoms with Crippen molar-refractivity contribution in [3.05, 3.63) is 71.3 Å². The van der Waals surface area contributed by atoms with Gasteiger partial charge in [-0.25, -0.2) is 14.6 Å². The van der Waals surface area contributed by atoms with E-state index in [2.05, 4.69) is 21.1 Å². The minimum atomic E-state index is -0.0850. The zero-order valence-electron chi connectivity index (χ0n) is 17.5. The van der Waals surface area contributed by atoms with Crippen LogP contribution in [0.15, 0.2) is 48.8 Å². The predicted octanol–water partition coefficient (Wildman–Crippen LogP) is 3.02. The van der Waals surface area contributed by atoms with Gasteiger partial charge in [-0.15, -0.1) is 0 Å². The smallest absolute Gasteiger partial charge is 0.246 e. The number of rotatable bonds is 6. The molecule has 0 spiro atoms. The van der Waals surface area contributed by atoms with Crippen LogP contribution in [0.2, 0.25) is 0 Å². The molecule has 0 atom stereocenters. The summed E-state index contributed by atoms with van der Waals surface area (Å²) in [6.45, 7) is 4.51. The first-order valence-electron chi connectivity index (χ1n) is 9.38. The van der Waals surface area contributed by atoms with Crippen LogP contribution < -0.4 is 4.90 Å². The molecule has 7 nitrogen and oxygen atoms in total. The van der Waals surface area contributed by atoms with Gasteiger partial charge in [0.15, 0.2) is 0 Å². The van der Waals surface area contributed by atoms with Crippen molar-refractivity contribution in [3.63, 3.8) is 0 Å². The molecule has 7 heteroatoms. The lowest BCUT2D eigenvalue weighted by molar-refractivity contribution is -0.125. The Morgan fingerprint density at radius 3 is 2.45 bits per heavy atom. The van der Waals surface area contributed by atoms with E-state index in [1.807, 2.05) is 61.8 Å². The monoisotopic (exact) mass is 390 g/mol. The third-order valence-corrected chi connectivity index (χ3v) is 4.44. The Bertz CT molecular complexity index is 1020. The molecule has 0 N–H and O–H groups in total. The maximum absolute atomic E-state index is 12.5. The molecule has 0 aliphatic rings. The molecule has 3 rings (SSSR count). The van der Waals surface area contributed by atoms with Crippen molar-refractivity contribution >= 4 is 17.9 Å². The number of aromatic nitrogens is 4. The molecule has 150 valence electrons. The zero-order chi connectivity index (χ0) is 21.0. The van der Waals surface area contributed by atoms with Gasteiger partial charge in [-0.1, -0.05) is 12.1 Å². The molecule has 0 saturated carbocycles. The van der Waals surface area contributed by atoms with E-state index in [-0.39, 0.29) is 5.91 Å². The SMILES string of the molecule is Cc1cc(C)n(-c2cccc(CN(C)C(=O)/C=C/c3cnc(N(C)C)nc3)c2)n1. The van der Waals surface area contributed by atoms with Gasteiger partial charge in [0.1, 0.15) is 0 Å². The number of hydrogen-bond acceptors (Lipinski definition) is 5. The highest BCUT2D eigenvalue weighted by Gasteiger charge is 2.09. The van der Waals surface area contributed by atoms with Gasteiger partial charge in [0.05, 0.1) is 11.4 Å². The first-order chi connectivity index (χ1) is 13.8. The normalized spacial score (nSPS) is 11.1. The summed E-state index contributed by atoms with van der Waals surface area (Å²) in [5, 5.41) is 4.53. The standard InChI is InChI=1S/C22H26N6O/c1-16-11-17(2)28(25-16)20-8-6-7-18(12-20)15-27(5)21(29)10-9-19-13-23-22(24-14-19)26(3)4/h6-14H,15H2,1-5H3/b10-9+. The van der Waals surface area contributed by atoms with Gasteiger partial charge >= 0.3 is 0 Å². The van der Waals surface area contributed by atoms with Crippen molar-refractivity contribution in [2.45, 2.75) is 20.4 Å². The van der Waals surface area contributed by atoms with Crippen molar-refractivity contribution in [3.8, 4) is 5.69 Å². The van der Waals surface area contributed by atoms with Gasteiger partial charge in [0.25, 0.3) is 0 Å². The number of nitrogens with zero attached hydrogens (tertiary/aromatic N) is 6. The molecule has 0 saturated heterocycles. The molecule has 0 aliphatic carbocycles. The fourth-order valence-electron chi connectivity index (χ4n) is 2.97. The van der Waals surface area contributed by atoms with Gasteiger partial charge in [0.2, 0.25) is 11.9 Å². The average Bonchev–Trinajstić information content (AvgIpc) is 3.04. The van der Waals surface area contributed by atoms with Crippen molar-refractivity contribution in [1.29, 1.82) is 0 Å². The molecule has 0 aliphatic heterocycles. The van der Waals surface area contributed by atoms with E-state index in [1.54, 1.807) is 36.5 Å². The van der Waals surface area contributed by atoms with E-state index < -0.39 is 0 Å². The van der Waals surface area contributed by atoms with Gasteiger partial charge in [-0.2, -0.15) is 5.10 Å². The lowest BCUT2D eigenvalue weighted by Crippen LogP contribution is -2.24. The van der Waals surface area contributed by atoms with Gasteiger partial charge in [0, 0.05) is 57.4 Å². The molecular weight excluding hydrogens is 364 g/mol. The largest absolute Gasteiger partial charge is 0.347 e. The molecule has 0 radical (unpaired) electrons. The Balaban J connectivity index is 1.66. The van der Waals surface area contributed by atoms with Crippen molar-refractivity contribution in [2.24, 2.45) is 0 Å². The summed E-state index contributed by atoms with van der Waals surface area (Å²) in [6, 6.07) is 10.1. The predicted molar refractivity (Wildman–Crippen MR) is 115 cm³/mol. The number of likely N-dealkylation sites (N-methyl/N-ethyl adjacent to an activating group) is 1. The second-order valence-corrected chi connectivity index (χ2v) is 7.25. The molecule has 0 bridgehead atoms. The molecule has 29 heavy (non-hydrogen) atoms. The van der Waals surface area contributed by atoms with Gasteiger partial charge in [-0.05, 0) is 43.7 Å². The molecular formula is C22H26N6O. The first-order valence-corrected chi connectivity index (χ1v) is 9.38. The van der Waals surface area contributed by atoms with E-state index in [0.29, 0.717) is 12.5 Å². The molecule has 1 aromatic carbocycles. The second kappa shape index (κ2) is 8.68. The van der Waals surface area contributed by atoms with E-state index in [4.69, 9.17) is 0 Å². The number of benzene rings is 1. The van der Waals surface area contributed by atoms with Crippen LogP contribution in [-0.4, -0.2) is 51.7 Å². The zero-order valence-corrected chi connectivity index (χ0v) is 17.5. The molecule has 0 fully saturated rings. The Labute approximate surface area is 171 Å². The van der Waals surface area contributed by atoms with Crippen molar-refractivity contribution < 1.29 is 4.79 Å². The van der Waals surface area contributed by atoms with Crippen LogP contribution in [0.4, 0.5) is 5.95 Å². The lowest BCUT2D eigenvalue weighted by atomic mass is 10.2. The summed E-state index contributed by atoms with van der Waals surface area (Å²) in [4.78, 5) is 24.5. The third-order valence-electron chi connectivity index (χ3n) is 4.44. The minimum absolute atomic E-state index is 0.0850. The fraction of sp³-hybridized carbons (Fsp3) is 0.273. The number of aryl methyl sites for hydroxylation is 2. The summed E-state index contributed by atoms with van der Waals surface area (Å²) >= 11 is 0. The molecule has 0 unspecified atom stereocenters. The van der Waals surface area contributed by atoms with Crippen LogP contribution in [0.3, 0.4) is 0 Å². The maximum Gasteiger partial charge on any atom is 0.246 e. The maximum atomic E-state index is 12.5. The highest BCUT2D eigenvalue weighted by Crippen LogP contribution is 2.15. The average molecular weight is 390 g/mol. The van der Waals surface area contributed by atoms with E-state index in [1.165, 1.54) is 0 Å². The fourth-order valence-corrected chi connectivity index (χ4v) is 2.97. The summed E-state index contributed by atoms with van der Waals surface area (Å²) in [5.41, 5.74) is 4.87. The Kier molecular flexibility index (Phi) is 6.07. The molecule has 1 amide bonds. The van der Waals surface area contributed by atoms with Crippen molar-refractivity contribution in [2.75, 3.05) is 26.0 Å². The van der Waals surface area contributed by atoms with Crippen LogP contribution in [0, 0.1) is 13.8 Å². The van der Waals surface area contributed by atoms with Gasteiger partial charge in [-0.3, -0.25) is 4.79 Å². The van der Waals surface area contributed by atoms with Crippen LogP contribution in [0.25, 0.3) is 11.8 Å². The van der Waals surface area contributed by atoms with E-state index in [9.17, 15) is 4.79 Å². The van der Waals surface area contributed by atoms with Crippen LogP contribution in [0.1, 0.15) is 22.5 Å². The third kappa shape index (κ3) is 5.07. The topological polar surface area (TPSA) is 67.2 Å². The summed E-state index contributed by atoms with van der Waals surface area (Å²) in [6.07, 6.45) is 6.66. The summed E-state index contributed by atoms with van der Waals surface area (Å²) in [5.74, 6) is 0.547. The quantitative estimate of drug-likeness (QED) is 0.605. The molecule has 3 aromatic rings. The second-order valence-electron chi connectivity index (χ2n) is 7.25. The highest BCUT2D eigenvalue weighted by molar-refractivity contribution is 5.91. The van der Waals surface area contributed by atoms with E-state index in [0.717, 1.165) is 28.2 Å². The van der Waals surface area contributed by atoms with Crippen LogP contribution >= 0.6 is 0 Å². The van der Waals surface area contributed by atoms with E-state index >= 15 is 0 Å². The molecule has 2 aromatic heterocycles.